The lowest BCUT2D eigenvalue weighted by molar-refractivity contribution is -0.119. The molecule has 0 spiro atoms. The Kier molecular flexibility index (Phi) is 9.71. The number of alkyl halides is 2. The van der Waals surface area contributed by atoms with E-state index in [1.54, 1.807) is 24.8 Å². The Morgan fingerprint density at radius 2 is 1.95 bits per heavy atom. The zero-order chi connectivity index (χ0) is 27.9. The summed E-state index contributed by atoms with van der Waals surface area (Å²) in [6.45, 7) is 4.30. The maximum absolute atomic E-state index is 14.3. The van der Waals surface area contributed by atoms with Gasteiger partial charge in [0.15, 0.2) is 5.57 Å². The molecule has 1 fully saturated rings. The van der Waals surface area contributed by atoms with E-state index in [0.717, 1.165) is 11.3 Å². The summed E-state index contributed by atoms with van der Waals surface area (Å²) in [5, 5.41) is 17.5. The van der Waals surface area contributed by atoms with Gasteiger partial charge in [0.05, 0.1) is 16.8 Å². The van der Waals surface area contributed by atoms with E-state index >= 15 is 0 Å². The third kappa shape index (κ3) is 7.23. The number of nitrogens with one attached hydrogen (secondary N) is 3. The average molecular weight is 551 g/mol. The Bertz CT molecular complexity index is 1400. The fourth-order valence-corrected chi connectivity index (χ4v) is 5.03. The molecule has 3 rings (SSSR count). The molecule has 0 aliphatic carbocycles. The van der Waals surface area contributed by atoms with Gasteiger partial charge in [-0.1, -0.05) is 0 Å². The number of carbonyl (C=O) groups is 2. The topological polar surface area (TPSA) is 119 Å². The van der Waals surface area contributed by atoms with Crippen molar-refractivity contribution in [3.05, 3.63) is 43.6 Å². The van der Waals surface area contributed by atoms with E-state index in [9.17, 15) is 32.8 Å². The molecule has 204 valence electrons. The van der Waals surface area contributed by atoms with Crippen LogP contribution in [0.25, 0.3) is 11.6 Å². The molecule has 0 bridgehead atoms. The molecule has 0 atom stereocenters. The molecule has 2 heterocycles. The van der Waals surface area contributed by atoms with Crippen LogP contribution in [0.2, 0.25) is 0 Å². The summed E-state index contributed by atoms with van der Waals surface area (Å²) in [4.78, 5) is 39.0. The fourth-order valence-electron chi connectivity index (χ4n) is 3.90. The first-order valence-electron chi connectivity index (χ1n) is 12.1. The van der Waals surface area contributed by atoms with Crippen LogP contribution in [0.3, 0.4) is 0 Å². The summed E-state index contributed by atoms with van der Waals surface area (Å²) in [5.41, 5.74) is -0.0754. The molecule has 3 N–H and O–H groups in total. The summed E-state index contributed by atoms with van der Waals surface area (Å²) in [7, 11) is 0. The predicted molar refractivity (Wildman–Crippen MR) is 140 cm³/mol. The number of anilines is 2. The zero-order valence-electron chi connectivity index (χ0n) is 21.1. The first-order chi connectivity index (χ1) is 18.1. The van der Waals surface area contributed by atoms with Crippen LogP contribution in [0.5, 0.6) is 0 Å². The Balaban J connectivity index is 1.72. The number of halogens is 3. The molecule has 1 aliphatic heterocycles. The van der Waals surface area contributed by atoms with Gasteiger partial charge >= 0.3 is 0 Å². The molecular formula is C25H29F3N6O3S. The van der Waals surface area contributed by atoms with Gasteiger partial charge < -0.3 is 16.0 Å². The van der Waals surface area contributed by atoms with Crippen LogP contribution in [0.4, 0.5) is 24.5 Å². The van der Waals surface area contributed by atoms with E-state index in [1.807, 2.05) is 6.07 Å². The van der Waals surface area contributed by atoms with Gasteiger partial charge in [0.25, 0.3) is 17.4 Å². The lowest BCUT2D eigenvalue weighted by Crippen LogP contribution is -2.43. The molecule has 2 amide bonds. The van der Waals surface area contributed by atoms with E-state index in [1.165, 1.54) is 22.8 Å². The summed E-state index contributed by atoms with van der Waals surface area (Å²) in [6, 6.07) is 5.91. The SMILES string of the molecule is CCNC(=O)/C(C#N)=c1\s/c(=C\CNc2ccc(F)c(NC(=O)CN3CCC(F)(F)CC3)c2)c(=O)n1CC. The number of carbonyl (C=O) groups excluding carboxylic acids is 2. The van der Waals surface area contributed by atoms with Crippen molar-refractivity contribution in [3.8, 4) is 6.07 Å². The van der Waals surface area contributed by atoms with Crippen LogP contribution >= 0.6 is 11.3 Å². The second kappa shape index (κ2) is 12.7. The van der Waals surface area contributed by atoms with Crippen LogP contribution in [-0.2, 0) is 16.1 Å². The van der Waals surface area contributed by atoms with Crippen LogP contribution in [0.1, 0.15) is 26.7 Å². The van der Waals surface area contributed by atoms with Crippen molar-refractivity contribution in [2.24, 2.45) is 0 Å². The molecule has 38 heavy (non-hydrogen) atoms. The monoisotopic (exact) mass is 550 g/mol. The fraction of sp³-hybridized carbons (Fsp3) is 0.440. The number of nitriles is 1. The minimum atomic E-state index is -2.72. The number of likely N-dealkylation sites (tertiary alicyclic amines) is 1. The van der Waals surface area contributed by atoms with Gasteiger partial charge in [-0.25, -0.2) is 13.2 Å². The molecule has 9 nitrogen and oxygen atoms in total. The van der Waals surface area contributed by atoms with E-state index < -0.39 is 23.6 Å². The van der Waals surface area contributed by atoms with Gasteiger partial charge in [0, 0.05) is 51.3 Å². The van der Waals surface area contributed by atoms with Crippen molar-refractivity contribution in [2.75, 3.05) is 43.4 Å². The number of amides is 2. The Hall–Kier alpha value is -3.63. The quantitative estimate of drug-likeness (QED) is 0.435. The molecule has 0 unspecified atom stereocenters. The molecule has 13 heteroatoms. The molecule has 0 radical (unpaired) electrons. The lowest BCUT2D eigenvalue weighted by Gasteiger charge is -2.31. The molecule has 1 aliphatic rings. The Morgan fingerprint density at radius 1 is 1.24 bits per heavy atom. The smallest absolute Gasteiger partial charge is 0.268 e. The van der Waals surface area contributed by atoms with Crippen molar-refractivity contribution < 1.29 is 22.8 Å². The predicted octanol–water partition coefficient (Wildman–Crippen LogP) is 1.44. The highest BCUT2D eigenvalue weighted by molar-refractivity contribution is 7.07. The standard InChI is InChI=1S/C25H29F3N6O3S/c1-3-30-22(36)17(14-29)24-34(4-2)23(37)20(38-24)7-10-31-16-5-6-18(26)19(13-16)32-21(35)15-33-11-8-25(27,28)9-12-33/h5-7,13,31H,3-4,8-12,15H2,1-2H3,(H,30,36)(H,32,35)/b20-7-,24-17-. The highest BCUT2D eigenvalue weighted by Gasteiger charge is 2.34. The van der Waals surface area contributed by atoms with E-state index in [2.05, 4.69) is 16.0 Å². The molecular weight excluding hydrogens is 521 g/mol. The van der Waals surface area contributed by atoms with Crippen molar-refractivity contribution in [2.45, 2.75) is 39.2 Å². The molecule has 1 saturated heterocycles. The van der Waals surface area contributed by atoms with Gasteiger partial charge in [-0.2, -0.15) is 5.26 Å². The van der Waals surface area contributed by atoms with E-state index in [4.69, 9.17) is 0 Å². The minimum absolute atomic E-state index is 0.0655. The van der Waals surface area contributed by atoms with Gasteiger partial charge in [0.2, 0.25) is 5.91 Å². The van der Waals surface area contributed by atoms with Gasteiger partial charge in [-0.05, 0) is 38.1 Å². The summed E-state index contributed by atoms with van der Waals surface area (Å²) in [6.07, 6.45) is 0.964. The largest absolute Gasteiger partial charge is 0.381 e. The average Bonchev–Trinajstić information content (AvgIpc) is 3.17. The number of piperidine rings is 1. The van der Waals surface area contributed by atoms with Crippen molar-refractivity contribution in [1.29, 1.82) is 5.26 Å². The van der Waals surface area contributed by atoms with Crippen LogP contribution < -0.4 is 30.7 Å². The first kappa shape index (κ1) is 28.9. The van der Waals surface area contributed by atoms with Crippen LogP contribution in [-0.4, -0.2) is 59.9 Å². The number of nitrogens with zero attached hydrogens (tertiary/aromatic N) is 3. The number of benzene rings is 1. The highest BCUT2D eigenvalue weighted by atomic mass is 32.1. The van der Waals surface area contributed by atoms with Crippen molar-refractivity contribution in [3.63, 3.8) is 0 Å². The third-order valence-corrected chi connectivity index (χ3v) is 7.08. The second-order valence-electron chi connectivity index (χ2n) is 8.63. The first-order valence-corrected chi connectivity index (χ1v) is 13.0. The Morgan fingerprint density at radius 3 is 2.58 bits per heavy atom. The summed E-state index contributed by atoms with van der Waals surface area (Å²) in [5.74, 6) is -4.44. The summed E-state index contributed by atoms with van der Waals surface area (Å²) < 4.78 is 42.9. The normalized spacial score (nSPS) is 16.5. The minimum Gasteiger partial charge on any atom is -0.381 e. The number of rotatable bonds is 9. The van der Waals surface area contributed by atoms with Gasteiger partial charge in [0.1, 0.15) is 16.5 Å². The number of hydrogen-bond donors (Lipinski definition) is 3. The molecule has 0 saturated carbocycles. The van der Waals surface area contributed by atoms with Crippen LogP contribution in [0.15, 0.2) is 23.0 Å². The Labute approximate surface area is 221 Å². The van der Waals surface area contributed by atoms with E-state index in [0.29, 0.717) is 16.8 Å². The molecule has 1 aromatic heterocycles. The lowest BCUT2D eigenvalue weighted by atomic mass is 10.1. The second-order valence-corrected chi connectivity index (χ2v) is 9.66. The number of hydrogen-bond acceptors (Lipinski definition) is 7. The molecule has 1 aromatic carbocycles. The third-order valence-electron chi connectivity index (χ3n) is 5.90. The van der Waals surface area contributed by atoms with Gasteiger partial charge in [-0.15, -0.1) is 11.3 Å². The number of thiazole rings is 1. The molecule has 2 aromatic rings. The van der Waals surface area contributed by atoms with Crippen LogP contribution in [0, 0.1) is 17.1 Å². The number of aromatic nitrogens is 1. The van der Waals surface area contributed by atoms with Crippen molar-refractivity contribution >= 4 is 46.2 Å². The highest BCUT2D eigenvalue weighted by Crippen LogP contribution is 2.27. The summed E-state index contributed by atoms with van der Waals surface area (Å²) >= 11 is 1.03. The maximum atomic E-state index is 14.3. The zero-order valence-corrected chi connectivity index (χ0v) is 21.9. The maximum Gasteiger partial charge on any atom is 0.268 e. The van der Waals surface area contributed by atoms with E-state index in [-0.39, 0.29) is 67.0 Å². The van der Waals surface area contributed by atoms with Crippen molar-refractivity contribution in [1.82, 2.24) is 14.8 Å². The van der Waals surface area contributed by atoms with Gasteiger partial charge in [-0.3, -0.25) is 23.9 Å².